The fourth-order valence-corrected chi connectivity index (χ4v) is 4.47. The maximum atomic E-state index is 12.1. The fraction of sp³-hybridized carbons (Fsp3) is 0.417. The molecule has 21 heavy (non-hydrogen) atoms. The molecule has 3 heterocycles. The van der Waals surface area contributed by atoms with E-state index in [1.54, 1.807) is 7.05 Å². The van der Waals surface area contributed by atoms with Crippen LogP contribution in [0.2, 0.25) is 0 Å². The molecule has 0 bridgehead atoms. The van der Waals surface area contributed by atoms with Crippen molar-refractivity contribution < 1.29 is 13.2 Å². The van der Waals surface area contributed by atoms with Crippen LogP contribution >= 0.6 is 11.3 Å². The fourth-order valence-electron chi connectivity index (χ4n) is 2.20. The Morgan fingerprint density at radius 2 is 2.10 bits per heavy atom. The number of carbonyl (C=O) groups is 1. The van der Waals surface area contributed by atoms with Gasteiger partial charge >= 0.3 is 0 Å². The number of thiophene rings is 1. The molecule has 1 N–H and O–H groups in total. The summed E-state index contributed by atoms with van der Waals surface area (Å²) in [5.74, 6) is 0.506. The summed E-state index contributed by atoms with van der Waals surface area (Å²) < 4.78 is 23.7. The van der Waals surface area contributed by atoms with Gasteiger partial charge in [-0.1, -0.05) is 0 Å². The van der Waals surface area contributed by atoms with Crippen LogP contribution in [-0.4, -0.2) is 40.4 Å². The van der Waals surface area contributed by atoms with E-state index in [1.165, 1.54) is 25.2 Å². The summed E-state index contributed by atoms with van der Waals surface area (Å²) in [6.07, 6.45) is 0. The number of aromatic nitrogens is 2. The molecule has 0 saturated carbocycles. The first-order valence-electron chi connectivity index (χ1n) is 6.27. The summed E-state index contributed by atoms with van der Waals surface area (Å²) in [6.45, 7) is 2.68. The molecule has 112 valence electrons. The Morgan fingerprint density at radius 1 is 1.38 bits per heavy atom. The lowest BCUT2D eigenvalue weighted by atomic mass is 10.2. The average molecular weight is 326 g/mol. The molecule has 0 aromatic carbocycles. The van der Waals surface area contributed by atoms with E-state index in [9.17, 15) is 13.2 Å². The van der Waals surface area contributed by atoms with Gasteiger partial charge in [0.25, 0.3) is 15.9 Å². The molecule has 2 aromatic heterocycles. The molecule has 9 heteroatoms. The lowest BCUT2D eigenvalue weighted by molar-refractivity contribution is -0.132. The molecule has 1 amide bonds. The van der Waals surface area contributed by atoms with Crippen LogP contribution in [0.5, 0.6) is 0 Å². The highest BCUT2D eigenvalue weighted by Crippen LogP contribution is 2.36. The highest BCUT2D eigenvalue weighted by molar-refractivity contribution is 7.94. The number of nitrogens with one attached hydrogen (secondary N) is 1. The van der Waals surface area contributed by atoms with Crippen LogP contribution in [0.15, 0.2) is 11.4 Å². The second-order valence-corrected chi connectivity index (χ2v) is 8.51. The molecule has 1 aliphatic heterocycles. The Morgan fingerprint density at radius 3 is 2.71 bits per heavy atom. The van der Waals surface area contributed by atoms with Crippen molar-refractivity contribution in [1.82, 2.24) is 14.3 Å². The van der Waals surface area contributed by atoms with E-state index in [4.69, 9.17) is 0 Å². The van der Waals surface area contributed by atoms with Gasteiger partial charge in [-0.3, -0.25) is 4.79 Å². The predicted octanol–water partition coefficient (Wildman–Crippen LogP) is 1.18. The number of hydrogen-bond acceptors (Lipinski definition) is 7. The number of fused-ring (bicyclic) bond motifs is 1. The molecule has 7 nitrogen and oxygen atoms in total. The summed E-state index contributed by atoms with van der Waals surface area (Å²) in [7, 11) is -1.89. The Bertz CT molecular complexity index is 841. The van der Waals surface area contributed by atoms with Crippen molar-refractivity contribution in [2.45, 2.75) is 25.1 Å². The third-order valence-electron chi connectivity index (χ3n) is 3.57. The second kappa shape index (κ2) is 4.38. The molecule has 1 aliphatic rings. The highest BCUT2D eigenvalue weighted by Gasteiger charge is 2.60. The minimum Gasteiger partial charge on any atom is -0.372 e. The molecule has 3 rings (SSSR count). The van der Waals surface area contributed by atoms with Gasteiger partial charge < -0.3 is 5.32 Å². The van der Waals surface area contributed by atoms with E-state index in [1.807, 2.05) is 11.4 Å². The molecule has 1 fully saturated rings. The minimum absolute atomic E-state index is 0.132. The van der Waals surface area contributed by atoms with E-state index < -0.39 is 20.7 Å². The average Bonchev–Trinajstić information content (AvgIpc) is 2.90. The molecule has 0 aliphatic carbocycles. The van der Waals surface area contributed by atoms with Crippen molar-refractivity contribution in [2.24, 2.45) is 0 Å². The Balaban J connectivity index is 1.98. The molecule has 0 radical (unpaired) electrons. The normalized spacial score (nSPS) is 19.6. The number of sulfonamides is 1. The topological polar surface area (TPSA) is 92.3 Å². The van der Waals surface area contributed by atoms with Gasteiger partial charge in [-0.2, -0.15) is 0 Å². The van der Waals surface area contributed by atoms with E-state index in [0.717, 1.165) is 14.5 Å². The Kier molecular flexibility index (Phi) is 2.96. The summed E-state index contributed by atoms with van der Waals surface area (Å²) >= 11 is 1.44. The van der Waals surface area contributed by atoms with Crippen molar-refractivity contribution in [1.29, 1.82) is 0 Å². The smallest absolute Gasteiger partial charge is 0.259 e. The van der Waals surface area contributed by atoms with Crippen LogP contribution < -0.4 is 5.32 Å². The van der Waals surface area contributed by atoms with Crippen LogP contribution in [-0.2, 0) is 21.4 Å². The number of carbonyl (C=O) groups excluding carboxylic acids is 1. The van der Waals surface area contributed by atoms with Gasteiger partial charge in [0, 0.05) is 7.05 Å². The predicted molar refractivity (Wildman–Crippen MR) is 80.5 cm³/mol. The first-order valence-corrected chi connectivity index (χ1v) is 8.59. The van der Waals surface area contributed by atoms with Crippen LogP contribution in [0.25, 0.3) is 10.2 Å². The van der Waals surface area contributed by atoms with Crippen LogP contribution in [0.4, 0.5) is 5.82 Å². The van der Waals surface area contributed by atoms with Crippen LogP contribution in [0.1, 0.15) is 19.7 Å². The van der Waals surface area contributed by atoms with E-state index in [-0.39, 0.29) is 6.54 Å². The minimum atomic E-state index is -3.62. The summed E-state index contributed by atoms with van der Waals surface area (Å²) in [5.41, 5.74) is 0. The maximum Gasteiger partial charge on any atom is 0.259 e. The summed E-state index contributed by atoms with van der Waals surface area (Å²) in [5, 5.41) is 5.72. The van der Waals surface area contributed by atoms with E-state index >= 15 is 0 Å². The van der Waals surface area contributed by atoms with Gasteiger partial charge in [0.05, 0.1) is 11.9 Å². The molecule has 0 atom stereocenters. The number of hydrogen-bond donors (Lipinski definition) is 1. The summed E-state index contributed by atoms with van der Waals surface area (Å²) in [6, 6.07) is 1.89. The third-order valence-corrected chi connectivity index (χ3v) is 6.72. The number of rotatable bonds is 3. The Labute approximate surface area is 126 Å². The number of amides is 1. The number of nitrogens with zero attached hydrogens (tertiary/aromatic N) is 3. The molecule has 1 saturated heterocycles. The first-order chi connectivity index (χ1) is 9.79. The third kappa shape index (κ3) is 1.84. The van der Waals surface area contributed by atoms with Crippen LogP contribution in [0, 0.1) is 0 Å². The zero-order valence-electron chi connectivity index (χ0n) is 11.7. The number of anilines is 1. The first kappa shape index (κ1) is 14.2. The van der Waals surface area contributed by atoms with E-state index in [2.05, 4.69) is 15.3 Å². The van der Waals surface area contributed by atoms with Gasteiger partial charge in [-0.25, -0.2) is 22.7 Å². The zero-order chi connectivity index (χ0) is 15.4. The monoisotopic (exact) mass is 326 g/mol. The second-order valence-electron chi connectivity index (χ2n) is 5.21. The Hall–Kier alpha value is -1.74. The van der Waals surface area contributed by atoms with Crippen molar-refractivity contribution in [3.05, 3.63) is 17.3 Å². The van der Waals surface area contributed by atoms with Crippen molar-refractivity contribution >= 4 is 43.3 Å². The SMILES string of the molecule is CNc1nc(CN2C(=O)C(C)(C)S2(=O)=O)nc2sccc12. The molecular formula is C12H14N4O3S2. The molecule has 0 unspecified atom stereocenters. The van der Waals surface area contributed by atoms with Crippen LogP contribution in [0.3, 0.4) is 0 Å². The van der Waals surface area contributed by atoms with E-state index in [0.29, 0.717) is 11.6 Å². The molecular weight excluding hydrogens is 312 g/mol. The van der Waals surface area contributed by atoms with Gasteiger partial charge in [-0.15, -0.1) is 11.3 Å². The summed E-state index contributed by atoms with van der Waals surface area (Å²) in [4.78, 5) is 21.3. The van der Waals surface area contributed by atoms with Crippen molar-refractivity contribution in [2.75, 3.05) is 12.4 Å². The van der Waals surface area contributed by atoms with Crippen molar-refractivity contribution in [3.63, 3.8) is 0 Å². The van der Waals surface area contributed by atoms with Gasteiger partial charge in [0.1, 0.15) is 10.6 Å². The molecule has 0 spiro atoms. The zero-order valence-corrected chi connectivity index (χ0v) is 13.4. The van der Waals surface area contributed by atoms with Gasteiger partial charge in [0.2, 0.25) is 0 Å². The largest absolute Gasteiger partial charge is 0.372 e. The molecule has 2 aromatic rings. The van der Waals surface area contributed by atoms with Gasteiger partial charge in [0.15, 0.2) is 10.6 Å². The quantitative estimate of drug-likeness (QED) is 0.910. The van der Waals surface area contributed by atoms with Gasteiger partial charge in [-0.05, 0) is 25.3 Å². The maximum absolute atomic E-state index is 12.1. The standard InChI is InChI=1S/C12H14N4O3S2/c1-12(2)11(17)16(21(12,18)19)6-8-14-9(13-3)7-4-5-20-10(7)15-8/h4-5H,6H2,1-3H3,(H,13,14,15). The van der Waals surface area contributed by atoms with Crippen molar-refractivity contribution in [3.8, 4) is 0 Å². The lowest BCUT2D eigenvalue weighted by Crippen LogP contribution is -2.66. The lowest BCUT2D eigenvalue weighted by Gasteiger charge is -2.42. The highest BCUT2D eigenvalue weighted by atomic mass is 32.2.